The summed E-state index contributed by atoms with van der Waals surface area (Å²) in [4.78, 5) is 26.3. The Morgan fingerprint density at radius 1 is 1.33 bits per heavy atom. The normalized spacial score (nSPS) is 17.6. The molecule has 1 aromatic heterocycles. The number of hydrogen-bond acceptors (Lipinski definition) is 4. The Hall–Kier alpha value is -2.34. The van der Waals surface area contributed by atoms with Crippen molar-refractivity contribution in [3.8, 4) is 0 Å². The van der Waals surface area contributed by atoms with Crippen LogP contribution in [0.4, 0.5) is 5.69 Å². The topological polar surface area (TPSA) is 67.2 Å². The van der Waals surface area contributed by atoms with E-state index < -0.39 is 0 Å². The van der Waals surface area contributed by atoms with E-state index >= 15 is 0 Å². The van der Waals surface area contributed by atoms with Gasteiger partial charge in [-0.05, 0) is 25.0 Å². The molecule has 24 heavy (non-hydrogen) atoms. The summed E-state index contributed by atoms with van der Waals surface area (Å²) in [5.41, 5.74) is 0.861. The summed E-state index contributed by atoms with van der Waals surface area (Å²) in [5.74, 6) is 0.0234. The highest BCUT2D eigenvalue weighted by Gasteiger charge is 2.25. The molecule has 0 spiro atoms. The number of hydrogen-bond donors (Lipinski definition) is 1. The molecular formula is C17H19ClN4O2. The number of rotatable bonds is 3. The summed E-state index contributed by atoms with van der Waals surface area (Å²) < 4.78 is 1.19. The number of piperidine rings is 1. The highest BCUT2D eigenvalue weighted by Crippen LogP contribution is 2.21. The molecule has 1 amide bonds. The van der Waals surface area contributed by atoms with Gasteiger partial charge in [-0.25, -0.2) is 4.68 Å². The van der Waals surface area contributed by atoms with Crippen LogP contribution in [0.2, 0.25) is 5.02 Å². The molecule has 1 aromatic carbocycles. The first-order valence-corrected chi connectivity index (χ1v) is 8.26. The van der Waals surface area contributed by atoms with Gasteiger partial charge in [-0.15, -0.1) is 0 Å². The third-order valence-electron chi connectivity index (χ3n) is 4.17. The third-order valence-corrected chi connectivity index (χ3v) is 4.53. The zero-order valence-corrected chi connectivity index (χ0v) is 14.2. The monoisotopic (exact) mass is 346 g/mol. The summed E-state index contributed by atoms with van der Waals surface area (Å²) in [6.45, 7) is 1.30. The van der Waals surface area contributed by atoms with Gasteiger partial charge in [0.2, 0.25) is 0 Å². The first-order valence-electron chi connectivity index (χ1n) is 7.89. The van der Waals surface area contributed by atoms with Crippen LogP contribution in [-0.4, -0.2) is 39.7 Å². The maximum atomic E-state index is 12.6. The second-order valence-electron chi connectivity index (χ2n) is 5.90. The maximum absolute atomic E-state index is 12.6. The molecule has 0 bridgehead atoms. The molecule has 0 aliphatic carbocycles. The number of halogens is 1. The first-order chi connectivity index (χ1) is 11.6. The van der Waals surface area contributed by atoms with Crippen LogP contribution in [0.15, 0.2) is 41.3 Å². The Balaban J connectivity index is 1.71. The van der Waals surface area contributed by atoms with Crippen LogP contribution in [0.25, 0.3) is 0 Å². The van der Waals surface area contributed by atoms with E-state index in [0.29, 0.717) is 17.8 Å². The molecule has 1 N–H and O–H groups in total. The number of carbonyl (C=O) groups is 1. The van der Waals surface area contributed by atoms with Crippen LogP contribution < -0.4 is 10.9 Å². The molecule has 1 aliphatic rings. The van der Waals surface area contributed by atoms with Crippen LogP contribution in [0.1, 0.15) is 23.2 Å². The molecule has 1 fully saturated rings. The Morgan fingerprint density at radius 2 is 2.08 bits per heavy atom. The molecule has 0 saturated carbocycles. The van der Waals surface area contributed by atoms with Gasteiger partial charge in [0.25, 0.3) is 11.5 Å². The van der Waals surface area contributed by atoms with Gasteiger partial charge in [-0.3, -0.25) is 9.59 Å². The largest absolute Gasteiger partial charge is 0.378 e. The molecule has 1 unspecified atom stereocenters. The molecule has 1 saturated heterocycles. The van der Waals surface area contributed by atoms with Crippen LogP contribution in [0.3, 0.4) is 0 Å². The molecule has 1 atom stereocenters. The van der Waals surface area contributed by atoms with E-state index in [9.17, 15) is 9.59 Å². The van der Waals surface area contributed by atoms with Gasteiger partial charge in [0, 0.05) is 31.7 Å². The molecule has 6 nitrogen and oxygen atoms in total. The number of nitrogens with zero attached hydrogens (tertiary/aromatic N) is 3. The molecular weight excluding hydrogens is 328 g/mol. The highest BCUT2D eigenvalue weighted by atomic mass is 35.5. The van der Waals surface area contributed by atoms with Crippen LogP contribution in [-0.2, 0) is 7.05 Å². The minimum atomic E-state index is -0.338. The van der Waals surface area contributed by atoms with Crippen molar-refractivity contribution in [1.82, 2.24) is 14.7 Å². The lowest BCUT2D eigenvalue weighted by Gasteiger charge is -2.33. The molecule has 2 heterocycles. The predicted octanol–water partition coefficient (Wildman–Crippen LogP) is 2.15. The summed E-state index contributed by atoms with van der Waals surface area (Å²) in [6, 6.07) is 9.29. The fraction of sp³-hybridized carbons (Fsp3) is 0.353. The van der Waals surface area contributed by atoms with Crippen molar-refractivity contribution in [1.29, 1.82) is 0 Å². The van der Waals surface area contributed by atoms with E-state index in [-0.39, 0.29) is 22.5 Å². The molecule has 7 heteroatoms. The summed E-state index contributed by atoms with van der Waals surface area (Å²) in [5, 5.41) is 7.36. The SMILES string of the molecule is Cn1ncc(NC2CCCN(C(=O)c3ccccc3)C2)c(Cl)c1=O. The zero-order chi connectivity index (χ0) is 17.1. The standard InChI is InChI=1S/C17H19ClN4O2/c1-21-17(24)15(18)14(10-19-21)20-13-8-5-9-22(11-13)16(23)12-6-3-2-4-7-12/h2-4,6-7,10,13,20H,5,8-9,11H2,1H3. The van der Waals surface area contributed by atoms with Gasteiger partial charge in [-0.2, -0.15) is 5.10 Å². The van der Waals surface area contributed by atoms with E-state index in [1.807, 2.05) is 35.2 Å². The van der Waals surface area contributed by atoms with Gasteiger partial charge in [0.15, 0.2) is 0 Å². The van der Waals surface area contributed by atoms with E-state index in [2.05, 4.69) is 10.4 Å². The van der Waals surface area contributed by atoms with Crippen LogP contribution in [0, 0.1) is 0 Å². The number of likely N-dealkylation sites (tertiary alicyclic amines) is 1. The number of carbonyl (C=O) groups excluding carboxylic acids is 1. The maximum Gasteiger partial charge on any atom is 0.287 e. The van der Waals surface area contributed by atoms with Crippen molar-refractivity contribution in [3.05, 3.63) is 57.5 Å². The van der Waals surface area contributed by atoms with E-state index in [1.54, 1.807) is 13.2 Å². The number of anilines is 1. The van der Waals surface area contributed by atoms with Gasteiger partial charge in [0.05, 0.1) is 11.9 Å². The van der Waals surface area contributed by atoms with Crippen LogP contribution in [0.5, 0.6) is 0 Å². The molecule has 0 radical (unpaired) electrons. The number of aromatic nitrogens is 2. The van der Waals surface area contributed by atoms with Crippen molar-refractivity contribution in [3.63, 3.8) is 0 Å². The molecule has 3 rings (SSSR count). The molecule has 126 valence electrons. The smallest absolute Gasteiger partial charge is 0.287 e. The molecule has 1 aliphatic heterocycles. The van der Waals surface area contributed by atoms with E-state index in [1.165, 1.54) is 4.68 Å². The van der Waals surface area contributed by atoms with Crippen molar-refractivity contribution < 1.29 is 4.79 Å². The average Bonchev–Trinajstić information content (AvgIpc) is 2.62. The van der Waals surface area contributed by atoms with Crippen molar-refractivity contribution in [2.75, 3.05) is 18.4 Å². The van der Waals surface area contributed by atoms with Crippen molar-refractivity contribution in [2.24, 2.45) is 7.05 Å². The Bertz CT molecular complexity index is 791. The average molecular weight is 347 g/mol. The summed E-state index contributed by atoms with van der Waals surface area (Å²) >= 11 is 6.10. The lowest BCUT2D eigenvalue weighted by atomic mass is 10.0. The quantitative estimate of drug-likeness (QED) is 0.924. The fourth-order valence-electron chi connectivity index (χ4n) is 2.87. The predicted molar refractivity (Wildman–Crippen MR) is 93.5 cm³/mol. The highest BCUT2D eigenvalue weighted by molar-refractivity contribution is 6.32. The minimum Gasteiger partial charge on any atom is -0.378 e. The number of amides is 1. The Labute approximate surface area is 145 Å². The second-order valence-corrected chi connectivity index (χ2v) is 6.28. The second kappa shape index (κ2) is 7.05. The summed E-state index contributed by atoms with van der Waals surface area (Å²) in [7, 11) is 1.55. The fourth-order valence-corrected chi connectivity index (χ4v) is 3.10. The zero-order valence-electron chi connectivity index (χ0n) is 13.4. The minimum absolute atomic E-state index is 0.0234. The van der Waals surface area contributed by atoms with E-state index in [0.717, 1.165) is 19.4 Å². The Morgan fingerprint density at radius 3 is 2.83 bits per heavy atom. The number of benzene rings is 1. The first kappa shape index (κ1) is 16.5. The number of nitrogens with one attached hydrogen (secondary N) is 1. The van der Waals surface area contributed by atoms with E-state index in [4.69, 9.17) is 11.6 Å². The lowest BCUT2D eigenvalue weighted by molar-refractivity contribution is 0.0715. The van der Waals surface area contributed by atoms with Crippen LogP contribution >= 0.6 is 11.6 Å². The summed E-state index contributed by atoms with van der Waals surface area (Å²) in [6.07, 6.45) is 3.35. The molecule has 2 aromatic rings. The van der Waals surface area contributed by atoms with Gasteiger partial charge in [0.1, 0.15) is 5.02 Å². The van der Waals surface area contributed by atoms with Gasteiger partial charge in [-0.1, -0.05) is 29.8 Å². The van der Waals surface area contributed by atoms with Crippen molar-refractivity contribution >= 4 is 23.2 Å². The van der Waals surface area contributed by atoms with Crippen molar-refractivity contribution in [2.45, 2.75) is 18.9 Å². The number of aryl methyl sites for hydroxylation is 1. The lowest BCUT2D eigenvalue weighted by Crippen LogP contribution is -2.45. The van der Waals surface area contributed by atoms with Gasteiger partial charge >= 0.3 is 0 Å². The van der Waals surface area contributed by atoms with Gasteiger partial charge < -0.3 is 10.2 Å². The Kier molecular flexibility index (Phi) is 4.85. The third kappa shape index (κ3) is 3.43.